The molecule has 0 radical (unpaired) electrons. The lowest BCUT2D eigenvalue weighted by molar-refractivity contribution is 0.438. The van der Waals surface area contributed by atoms with Crippen molar-refractivity contribution in [2.24, 2.45) is 0 Å². The molecule has 5 heteroatoms. The maximum absolute atomic E-state index is 13.0. The van der Waals surface area contributed by atoms with E-state index in [1.54, 1.807) is 36.4 Å². The molecule has 2 N–H and O–H groups in total. The van der Waals surface area contributed by atoms with Crippen molar-refractivity contribution in [1.29, 1.82) is 0 Å². The van der Waals surface area contributed by atoms with Gasteiger partial charge >= 0.3 is 0 Å². The molecule has 0 unspecified atom stereocenters. The van der Waals surface area contributed by atoms with Crippen molar-refractivity contribution in [3.63, 3.8) is 0 Å². The van der Waals surface area contributed by atoms with Crippen LogP contribution in [0.1, 0.15) is 59.4 Å². The van der Waals surface area contributed by atoms with Crippen LogP contribution in [0.2, 0.25) is 0 Å². The third-order valence-corrected chi connectivity index (χ3v) is 7.32. The highest BCUT2D eigenvalue weighted by atomic mass is 32.2. The minimum absolute atomic E-state index is 0. The summed E-state index contributed by atoms with van der Waals surface area (Å²) < 4.78 is 31.7. The van der Waals surface area contributed by atoms with Crippen molar-refractivity contribution in [3.8, 4) is 11.5 Å². The summed E-state index contributed by atoms with van der Waals surface area (Å²) in [6, 6.07) is 23.2. The third kappa shape index (κ3) is 6.68. The topological polar surface area (TPSA) is 74.9 Å². The Kier molecular flexibility index (Phi) is 10.6. The number of sulfone groups is 1. The second-order valence-electron chi connectivity index (χ2n) is 7.89. The molecule has 0 aliphatic carbocycles. The van der Waals surface area contributed by atoms with Crippen molar-refractivity contribution in [2.45, 2.75) is 69.1 Å². The second-order valence-corrected chi connectivity index (χ2v) is 9.84. The molecule has 0 amide bonds. The summed E-state index contributed by atoms with van der Waals surface area (Å²) in [5.74, 6) is 1.31. The molecule has 0 aromatic heterocycles. The summed E-state index contributed by atoms with van der Waals surface area (Å²) in [7, 11) is -3.56. The van der Waals surface area contributed by atoms with Gasteiger partial charge in [0.25, 0.3) is 0 Å². The van der Waals surface area contributed by atoms with Gasteiger partial charge in [-0.15, -0.1) is 0 Å². The first-order valence-electron chi connectivity index (χ1n) is 11.0. The highest BCUT2D eigenvalue weighted by molar-refractivity contribution is 7.91. The molecule has 0 saturated carbocycles. The van der Waals surface area contributed by atoms with Gasteiger partial charge in [-0.1, -0.05) is 71.4 Å². The molecule has 174 valence electrons. The molecule has 32 heavy (non-hydrogen) atoms. The summed E-state index contributed by atoms with van der Waals surface area (Å²) in [5, 5.41) is 0. The van der Waals surface area contributed by atoms with E-state index in [0.29, 0.717) is 16.4 Å². The predicted octanol–water partition coefficient (Wildman–Crippen LogP) is 6.98. The Labute approximate surface area is 193 Å². The zero-order chi connectivity index (χ0) is 22.9. The van der Waals surface area contributed by atoms with Crippen molar-refractivity contribution in [1.82, 2.24) is 0 Å². The third-order valence-electron chi connectivity index (χ3n) is 5.54. The molecule has 0 aliphatic rings. The van der Waals surface area contributed by atoms with Gasteiger partial charge in [-0.05, 0) is 72.4 Å². The van der Waals surface area contributed by atoms with E-state index in [2.05, 4.69) is 34.6 Å². The largest absolute Gasteiger partial charge is 0.457 e. The standard InChI is InChI=1S/C24H26O3S.C3H8.H2O/c1-4-24(3,5-2)19-11-15-22(16-12-19)28(25,26)23-17-13-21(14-18-23)27-20-9-7-6-8-10-20;1-3-2;/h6-18H,4-5H2,1-3H3;3H2,1-2H3;1H2. The van der Waals surface area contributed by atoms with E-state index in [9.17, 15) is 8.42 Å². The van der Waals surface area contributed by atoms with Gasteiger partial charge < -0.3 is 10.2 Å². The minimum atomic E-state index is -3.56. The summed E-state index contributed by atoms with van der Waals surface area (Å²) >= 11 is 0. The number of ether oxygens (including phenoxy) is 1. The van der Waals surface area contributed by atoms with Gasteiger partial charge in [0.1, 0.15) is 11.5 Å². The van der Waals surface area contributed by atoms with Crippen LogP contribution in [0, 0.1) is 0 Å². The van der Waals surface area contributed by atoms with E-state index in [4.69, 9.17) is 4.74 Å². The van der Waals surface area contributed by atoms with Crippen LogP contribution in [-0.4, -0.2) is 13.9 Å². The molecular formula is C27H36O4S. The molecule has 3 aromatic carbocycles. The van der Waals surface area contributed by atoms with Crippen LogP contribution in [0.4, 0.5) is 0 Å². The lowest BCUT2D eigenvalue weighted by Crippen LogP contribution is -2.19. The van der Waals surface area contributed by atoms with E-state index in [0.717, 1.165) is 12.8 Å². The molecular weight excluding hydrogens is 420 g/mol. The van der Waals surface area contributed by atoms with Crippen molar-refractivity contribution in [2.75, 3.05) is 0 Å². The van der Waals surface area contributed by atoms with Crippen LogP contribution in [0.3, 0.4) is 0 Å². The quantitative estimate of drug-likeness (QED) is 0.385. The van der Waals surface area contributed by atoms with Gasteiger partial charge in [0.15, 0.2) is 0 Å². The molecule has 3 aromatic rings. The summed E-state index contributed by atoms with van der Waals surface area (Å²) in [4.78, 5) is 0.567. The van der Waals surface area contributed by atoms with Gasteiger partial charge in [-0.2, -0.15) is 0 Å². The molecule has 0 fully saturated rings. The van der Waals surface area contributed by atoms with Crippen LogP contribution in [0.15, 0.2) is 88.7 Å². The first-order chi connectivity index (χ1) is 14.8. The summed E-state index contributed by atoms with van der Waals surface area (Å²) in [5.41, 5.74) is 1.24. The number of hydrogen-bond acceptors (Lipinski definition) is 3. The minimum Gasteiger partial charge on any atom is -0.457 e. The SMILES string of the molecule is CCC.CCC(C)(CC)c1ccc(S(=O)(=O)c2ccc(Oc3ccccc3)cc2)cc1.O. The van der Waals surface area contributed by atoms with Crippen molar-refractivity contribution >= 4 is 9.84 Å². The van der Waals surface area contributed by atoms with Crippen LogP contribution < -0.4 is 4.74 Å². The molecule has 0 spiro atoms. The first kappa shape index (κ1) is 27.4. The molecule has 0 atom stereocenters. The number of hydrogen-bond donors (Lipinski definition) is 0. The van der Waals surface area contributed by atoms with E-state index >= 15 is 0 Å². The number of benzene rings is 3. The van der Waals surface area contributed by atoms with Crippen LogP contribution in [0.25, 0.3) is 0 Å². The van der Waals surface area contributed by atoms with Crippen LogP contribution >= 0.6 is 0 Å². The fraction of sp³-hybridized carbons (Fsp3) is 0.333. The summed E-state index contributed by atoms with van der Waals surface area (Å²) in [6.07, 6.45) is 3.27. The van der Waals surface area contributed by atoms with Gasteiger partial charge in [-0.25, -0.2) is 8.42 Å². The maximum atomic E-state index is 13.0. The zero-order valence-electron chi connectivity index (χ0n) is 19.8. The lowest BCUT2D eigenvalue weighted by Gasteiger charge is -2.27. The van der Waals surface area contributed by atoms with Gasteiger partial charge in [0.05, 0.1) is 9.79 Å². The first-order valence-corrected chi connectivity index (χ1v) is 12.5. The van der Waals surface area contributed by atoms with E-state index in [1.807, 2.05) is 42.5 Å². The average molecular weight is 457 g/mol. The predicted molar refractivity (Wildman–Crippen MR) is 132 cm³/mol. The normalized spacial score (nSPS) is 11.0. The van der Waals surface area contributed by atoms with Crippen LogP contribution in [-0.2, 0) is 15.3 Å². The Morgan fingerprint density at radius 2 is 1.09 bits per heavy atom. The summed E-state index contributed by atoms with van der Waals surface area (Å²) in [6.45, 7) is 10.8. The molecule has 0 aliphatic heterocycles. The lowest BCUT2D eigenvalue weighted by atomic mass is 9.78. The van der Waals surface area contributed by atoms with E-state index in [-0.39, 0.29) is 15.8 Å². The Morgan fingerprint density at radius 3 is 1.53 bits per heavy atom. The Morgan fingerprint density at radius 1 is 0.688 bits per heavy atom. The Balaban J connectivity index is 0.00000121. The molecule has 0 saturated heterocycles. The molecule has 3 rings (SSSR count). The van der Waals surface area contributed by atoms with E-state index < -0.39 is 9.84 Å². The average Bonchev–Trinajstić information content (AvgIpc) is 2.80. The molecule has 0 heterocycles. The smallest absolute Gasteiger partial charge is 0.206 e. The number of rotatable bonds is 7. The zero-order valence-corrected chi connectivity index (χ0v) is 20.6. The maximum Gasteiger partial charge on any atom is 0.206 e. The second kappa shape index (κ2) is 12.4. The monoisotopic (exact) mass is 456 g/mol. The number of para-hydroxylation sites is 1. The molecule has 4 nitrogen and oxygen atoms in total. The van der Waals surface area contributed by atoms with Gasteiger partial charge in [0.2, 0.25) is 9.84 Å². The highest BCUT2D eigenvalue weighted by Crippen LogP contribution is 2.32. The van der Waals surface area contributed by atoms with Crippen molar-refractivity contribution < 1.29 is 18.6 Å². The Hall–Kier alpha value is -2.63. The highest BCUT2D eigenvalue weighted by Gasteiger charge is 2.24. The van der Waals surface area contributed by atoms with E-state index in [1.165, 1.54) is 12.0 Å². The Bertz CT molecular complexity index is 1020. The van der Waals surface area contributed by atoms with Crippen LogP contribution in [0.5, 0.6) is 11.5 Å². The van der Waals surface area contributed by atoms with Gasteiger partial charge in [-0.3, -0.25) is 0 Å². The van der Waals surface area contributed by atoms with Crippen molar-refractivity contribution in [3.05, 3.63) is 84.4 Å². The fourth-order valence-electron chi connectivity index (χ4n) is 3.14. The molecule has 0 bridgehead atoms. The fourth-order valence-corrected chi connectivity index (χ4v) is 4.40. The van der Waals surface area contributed by atoms with Gasteiger partial charge in [0, 0.05) is 0 Å².